The Bertz CT molecular complexity index is 935. The van der Waals surface area contributed by atoms with Gasteiger partial charge in [0, 0.05) is 70.6 Å². The summed E-state index contributed by atoms with van der Waals surface area (Å²) in [6.07, 6.45) is 1.99. The van der Waals surface area contributed by atoms with Crippen LogP contribution in [0.1, 0.15) is 50.4 Å². The molecule has 2 aliphatic rings. The minimum atomic E-state index is -0.322. The number of nitrogens with one attached hydrogen (secondary N) is 2. The second kappa shape index (κ2) is 13.6. The zero-order chi connectivity index (χ0) is 26.9. The zero-order valence-electron chi connectivity index (χ0n) is 22.7. The van der Waals surface area contributed by atoms with Crippen LogP contribution in [0.4, 0.5) is 10.5 Å². The third-order valence-corrected chi connectivity index (χ3v) is 7.09. The van der Waals surface area contributed by atoms with Crippen LogP contribution >= 0.6 is 0 Å². The van der Waals surface area contributed by atoms with Crippen LogP contribution in [-0.4, -0.2) is 93.4 Å². The van der Waals surface area contributed by atoms with Crippen LogP contribution in [0.3, 0.4) is 0 Å². The molecule has 0 aliphatic carbocycles. The molecule has 0 saturated carbocycles. The van der Waals surface area contributed by atoms with Crippen molar-refractivity contribution in [2.75, 3.05) is 58.9 Å². The number of fused-ring (bicyclic) bond motifs is 1. The van der Waals surface area contributed by atoms with E-state index in [1.165, 1.54) is 0 Å². The van der Waals surface area contributed by atoms with E-state index in [-0.39, 0.29) is 48.4 Å². The number of likely N-dealkylation sites (N-methyl/N-ethyl adjacent to an activating group) is 1. The highest BCUT2D eigenvalue weighted by atomic mass is 16.5. The van der Waals surface area contributed by atoms with E-state index in [1.807, 2.05) is 25.7 Å². The van der Waals surface area contributed by atoms with Crippen molar-refractivity contribution in [2.24, 2.45) is 11.8 Å². The Morgan fingerprint density at radius 2 is 1.89 bits per heavy atom. The van der Waals surface area contributed by atoms with Gasteiger partial charge in [-0.15, -0.1) is 0 Å². The topological polar surface area (TPSA) is 109 Å². The Labute approximate surface area is 220 Å². The first-order valence-electron chi connectivity index (χ1n) is 13.2. The third-order valence-electron chi connectivity index (χ3n) is 7.09. The number of anilines is 1. The van der Waals surface area contributed by atoms with Gasteiger partial charge in [-0.25, -0.2) is 4.79 Å². The number of rotatable bonds is 5. The number of methoxy groups -OCH3 is 1. The summed E-state index contributed by atoms with van der Waals surface area (Å²) < 4.78 is 17.4. The Morgan fingerprint density at radius 1 is 1.16 bits per heavy atom. The highest BCUT2D eigenvalue weighted by Crippen LogP contribution is 2.28. The van der Waals surface area contributed by atoms with E-state index < -0.39 is 0 Å². The van der Waals surface area contributed by atoms with E-state index >= 15 is 0 Å². The van der Waals surface area contributed by atoms with Gasteiger partial charge in [0.15, 0.2) is 0 Å². The number of urea groups is 1. The Balaban J connectivity index is 1.90. The first-order chi connectivity index (χ1) is 17.7. The fraction of sp³-hybridized carbons (Fsp3) is 0.667. The average Bonchev–Trinajstić information content (AvgIpc) is 2.91. The predicted octanol–water partition coefficient (Wildman–Crippen LogP) is 2.98. The lowest BCUT2D eigenvalue weighted by atomic mass is 9.95. The summed E-state index contributed by atoms with van der Waals surface area (Å²) in [4.78, 5) is 42.7. The molecule has 2 aliphatic heterocycles. The van der Waals surface area contributed by atoms with E-state index in [9.17, 15) is 14.4 Å². The van der Waals surface area contributed by atoms with Crippen LogP contribution in [0.5, 0.6) is 5.75 Å². The van der Waals surface area contributed by atoms with E-state index in [0.29, 0.717) is 62.7 Å². The zero-order valence-corrected chi connectivity index (χ0v) is 22.7. The molecule has 1 saturated heterocycles. The van der Waals surface area contributed by atoms with E-state index in [4.69, 9.17) is 14.2 Å². The molecule has 3 atom stereocenters. The monoisotopic (exact) mass is 518 g/mol. The highest BCUT2D eigenvalue weighted by molar-refractivity contribution is 5.98. The van der Waals surface area contributed by atoms with Crippen molar-refractivity contribution in [3.63, 3.8) is 0 Å². The van der Waals surface area contributed by atoms with Crippen molar-refractivity contribution in [2.45, 2.75) is 52.2 Å². The maximum Gasteiger partial charge on any atom is 0.319 e. The molecular formula is C27H42N4O6. The summed E-state index contributed by atoms with van der Waals surface area (Å²) in [5.74, 6) is 0.184. The molecular weight excluding hydrogens is 476 g/mol. The number of hydrogen-bond donors (Lipinski definition) is 2. The van der Waals surface area contributed by atoms with Crippen molar-refractivity contribution in [1.82, 2.24) is 15.1 Å². The van der Waals surface area contributed by atoms with Gasteiger partial charge in [0.2, 0.25) is 5.91 Å². The van der Waals surface area contributed by atoms with Gasteiger partial charge in [-0.05, 0) is 38.3 Å². The number of hydrogen-bond acceptors (Lipinski definition) is 6. The van der Waals surface area contributed by atoms with Crippen LogP contribution in [0.2, 0.25) is 0 Å². The molecule has 0 radical (unpaired) electrons. The Kier molecular flexibility index (Phi) is 10.6. The minimum Gasteiger partial charge on any atom is -0.491 e. The van der Waals surface area contributed by atoms with Gasteiger partial charge in [-0.1, -0.05) is 13.8 Å². The average molecular weight is 519 g/mol. The number of carbonyl (C=O) groups excluding carboxylic acids is 3. The van der Waals surface area contributed by atoms with E-state index in [1.54, 1.807) is 37.3 Å². The molecule has 10 heteroatoms. The number of carbonyl (C=O) groups is 3. The lowest BCUT2D eigenvalue weighted by molar-refractivity contribution is -0.142. The number of nitrogens with zero attached hydrogens (tertiary/aromatic N) is 2. The fourth-order valence-electron chi connectivity index (χ4n) is 4.75. The second-order valence-corrected chi connectivity index (χ2v) is 10.1. The normalized spacial score (nSPS) is 23.8. The van der Waals surface area contributed by atoms with Gasteiger partial charge >= 0.3 is 6.03 Å². The molecule has 0 bridgehead atoms. The fourth-order valence-corrected chi connectivity index (χ4v) is 4.75. The largest absolute Gasteiger partial charge is 0.491 e. The summed E-state index contributed by atoms with van der Waals surface area (Å²) in [6, 6.07) is 4.45. The molecule has 1 fully saturated rings. The first kappa shape index (κ1) is 28.7. The van der Waals surface area contributed by atoms with Crippen molar-refractivity contribution in [3.05, 3.63) is 23.8 Å². The molecule has 3 rings (SSSR count). The van der Waals surface area contributed by atoms with Crippen molar-refractivity contribution in [3.8, 4) is 5.75 Å². The van der Waals surface area contributed by atoms with Crippen LogP contribution < -0.4 is 15.4 Å². The molecule has 10 nitrogen and oxygen atoms in total. The number of amides is 4. The van der Waals surface area contributed by atoms with Crippen LogP contribution in [0, 0.1) is 11.8 Å². The molecule has 0 spiro atoms. The third kappa shape index (κ3) is 7.58. The quantitative estimate of drug-likeness (QED) is 0.620. The maximum absolute atomic E-state index is 13.6. The smallest absolute Gasteiger partial charge is 0.319 e. The van der Waals surface area contributed by atoms with Crippen molar-refractivity contribution in [1.29, 1.82) is 0 Å². The maximum atomic E-state index is 13.6. The van der Waals surface area contributed by atoms with Gasteiger partial charge < -0.3 is 34.6 Å². The summed E-state index contributed by atoms with van der Waals surface area (Å²) >= 11 is 0. The lowest BCUT2D eigenvalue weighted by Crippen LogP contribution is -2.50. The lowest BCUT2D eigenvalue weighted by Gasteiger charge is -2.38. The number of ether oxygens (including phenoxy) is 3. The Morgan fingerprint density at radius 3 is 2.57 bits per heavy atom. The Hall–Kier alpha value is -2.85. The first-order valence-corrected chi connectivity index (χ1v) is 13.2. The summed E-state index contributed by atoms with van der Waals surface area (Å²) in [5, 5.41) is 5.56. The molecule has 1 aromatic rings. The van der Waals surface area contributed by atoms with Crippen LogP contribution in [0.15, 0.2) is 18.2 Å². The molecule has 1 aromatic carbocycles. The summed E-state index contributed by atoms with van der Waals surface area (Å²) in [5.41, 5.74) is 0.903. The predicted molar refractivity (Wildman–Crippen MR) is 141 cm³/mol. The van der Waals surface area contributed by atoms with E-state index in [2.05, 4.69) is 10.6 Å². The molecule has 2 N–H and O–H groups in total. The van der Waals surface area contributed by atoms with Gasteiger partial charge in [0.25, 0.3) is 5.91 Å². The molecule has 2 heterocycles. The molecule has 0 unspecified atom stereocenters. The van der Waals surface area contributed by atoms with Gasteiger partial charge in [0.05, 0.1) is 17.7 Å². The molecule has 4 amide bonds. The van der Waals surface area contributed by atoms with Gasteiger partial charge in [0.1, 0.15) is 12.4 Å². The summed E-state index contributed by atoms with van der Waals surface area (Å²) in [7, 11) is 3.37. The second-order valence-electron chi connectivity index (χ2n) is 10.1. The van der Waals surface area contributed by atoms with Crippen LogP contribution in [0.25, 0.3) is 0 Å². The SMILES string of the molecule is CCCNC(=O)Nc1ccc2c(c1)OC[C@H](C)N(C(=O)C1CCOCC1)C[C@H](C)[C@H](OC)CN(C)C2=O. The van der Waals surface area contributed by atoms with Crippen molar-refractivity contribution < 1.29 is 28.6 Å². The minimum absolute atomic E-state index is 0.00130. The van der Waals surface area contributed by atoms with Gasteiger partial charge in [-0.2, -0.15) is 0 Å². The molecule has 37 heavy (non-hydrogen) atoms. The van der Waals surface area contributed by atoms with Crippen molar-refractivity contribution >= 4 is 23.5 Å². The standard InChI is InChI=1S/C27H42N4O6/c1-6-11-28-27(34)29-21-7-8-22-23(14-21)37-17-19(3)31(25(32)20-9-12-36-13-10-20)15-18(2)24(35-5)16-30(4)26(22)33/h7-8,14,18-20,24H,6,9-13,15-17H2,1-5H3,(H2,28,29,34)/t18-,19-,24+/m0/s1. The summed E-state index contributed by atoms with van der Waals surface area (Å²) in [6.45, 7) is 8.79. The van der Waals surface area contributed by atoms with E-state index in [0.717, 1.165) is 6.42 Å². The van der Waals surface area contributed by atoms with Gasteiger partial charge in [-0.3, -0.25) is 9.59 Å². The molecule has 0 aromatic heterocycles. The molecule has 206 valence electrons. The van der Waals surface area contributed by atoms with Crippen LogP contribution in [-0.2, 0) is 14.3 Å². The number of benzene rings is 1. The highest BCUT2D eigenvalue weighted by Gasteiger charge is 2.33.